The fourth-order valence-electron chi connectivity index (χ4n) is 2.29. The second-order valence-electron chi connectivity index (χ2n) is 5.34. The lowest BCUT2D eigenvalue weighted by atomic mass is 10.2. The lowest BCUT2D eigenvalue weighted by molar-refractivity contribution is -0.137. The molecule has 3 rings (SSSR count). The molecule has 5 nitrogen and oxygen atoms in total. The number of fused-ring (bicyclic) bond motifs is 1. The van der Waals surface area contributed by atoms with Crippen molar-refractivity contribution in [2.75, 3.05) is 30.4 Å². The first-order valence-electron chi connectivity index (χ1n) is 7.52. The number of amides is 1. The molecule has 0 radical (unpaired) electrons. The van der Waals surface area contributed by atoms with Crippen molar-refractivity contribution in [3.63, 3.8) is 0 Å². The van der Waals surface area contributed by atoms with Gasteiger partial charge in [0.25, 0.3) is 0 Å². The van der Waals surface area contributed by atoms with Crippen LogP contribution in [0.15, 0.2) is 42.5 Å². The Labute approximate surface area is 141 Å². The number of carbonyl (C=O) groups excluding carboxylic acids is 1. The molecule has 1 amide bonds. The van der Waals surface area contributed by atoms with Crippen molar-refractivity contribution in [3.05, 3.63) is 48.0 Å². The van der Waals surface area contributed by atoms with Gasteiger partial charge in [0.05, 0.1) is 12.1 Å². The lowest BCUT2D eigenvalue weighted by Gasteiger charge is -2.19. The number of benzene rings is 2. The first-order chi connectivity index (χ1) is 11.9. The third-order valence-corrected chi connectivity index (χ3v) is 3.49. The number of hydrogen-bond donors (Lipinski definition) is 2. The summed E-state index contributed by atoms with van der Waals surface area (Å²) in [5.74, 6) is 0.837. The van der Waals surface area contributed by atoms with Gasteiger partial charge in [-0.05, 0) is 36.4 Å². The van der Waals surface area contributed by atoms with Gasteiger partial charge in [-0.1, -0.05) is 0 Å². The normalized spacial score (nSPS) is 13.2. The second-order valence-corrected chi connectivity index (χ2v) is 5.34. The molecule has 0 spiro atoms. The Morgan fingerprint density at radius 2 is 1.60 bits per heavy atom. The van der Waals surface area contributed by atoms with Gasteiger partial charge >= 0.3 is 6.18 Å². The molecular formula is C17H15F3N2O3. The summed E-state index contributed by atoms with van der Waals surface area (Å²) in [6.45, 7) is 0.843. The third-order valence-electron chi connectivity index (χ3n) is 3.49. The van der Waals surface area contributed by atoms with E-state index in [1.165, 1.54) is 12.1 Å². The number of ether oxygens (including phenoxy) is 2. The van der Waals surface area contributed by atoms with Crippen molar-refractivity contribution in [1.82, 2.24) is 0 Å². The monoisotopic (exact) mass is 352 g/mol. The predicted molar refractivity (Wildman–Crippen MR) is 86.0 cm³/mol. The van der Waals surface area contributed by atoms with Crippen LogP contribution in [0.4, 0.5) is 24.5 Å². The molecule has 2 aromatic carbocycles. The number of carbonyl (C=O) groups is 1. The third kappa shape index (κ3) is 4.34. The van der Waals surface area contributed by atoms with E-state index in [9.17, 15) is 18.0 Å². The quantitative estimate of drug-likeness (QED) is 0.884. The second kappa shape index (κ2) is 6.92. The highest BCUT2D eigenvalue weighted by atomic mass is 19.4. The molecule has 0 unspecified atom stereocenters. The molecule has 0 aromatic heterocycles. The Bertz CT molecular complexity index is 761. The predicted octanol–water partition coefficient (Wildman–Crippen LogP) is 3.53. The van der Waals surface area contributed by atoms with Crippen LogP contribution in [-0.4, -0.2) is 25.7 Å². The molecule has 8 heteroatoms. The highest BCUT2D eigenvalue weighted by Gasteiger charge is 2.29. The molecule has 1 aliphatic rings. The molecule has 1 aliphatic heterocycles. The number of rotatable bonds is 4. The minimum atomic E-state index is -4.38. The summed E-state index contributed by atoms with van der Waals surface area (Å²) in [6.07, 6.45) is -4.38. The van der Waals surface area contributed by atoms with E-state index in [4.69, 9.17) is 9.47 Å². The number of alkyl halides is 3. The zero-order chi connectivity index (χ0) is 17.9. The molecule has 0 atom stereocenters. The average Bonchev–Trinajstić information content (AvgIpc) is 2.59. The minimum Gasteiger partial charge on any atom is -0.486 e. The van der Waals surface area contributed by atoms with Gasteiger partial charge in [0.2, 0.25) is 5.91 Å². The SMILES string of the molecule is O=C(CNc1ccc(C(F)(F)F)cc1)Nc1ccc2c(c1)OCCO2. The molecule has 0 fully saturated rings. The maximum atomic E-state index is 12.5. The van der Waals surface area contributed by atoms with E-state index in [0.717, 1.165) is 12.1 Å². The summed E-state index contributed by atoms with van der Waals surface area (Å²) in [6, 6.07) is 9.52. The van der Waals surface area contributed by atoms with Crippen LogP contribution in [0.2, 0.25) is 0 Å². The molecule has 0 aliphatic carbocycles. The molecule has 0 saturated heterocycles. The standard InChI is InChI=1S/C17H15F3N2O3/c18-17(19,20)11-1-3-12(4-2-11)21-10-16(23)22-13-5-6-14-15(9-13)25-8-7-24-14/h1-6,9,21H,7-8,10H2,(H,22,23). The first kappa shape index (κ1) is 16.9. The molecular weight excluding hydrogens is 337 g/mol. The highest BCUT2D eigenvalue weighted by Crippen LogP contribution is 2.32. The van der Waals surface area contributed by atoms with E-state index in [0.29, 0.717) is 36.1 Å². The Hall–Kier alpha value is -2.90. The Morgan fingerprint density at radius 1 is 0.960 bits per heavy atom. The number of nitrogens with one attached hydrogen (secondary N) is 2. The Balaban J connectivity index is 1.54. The van der Waals surface area contributed by atoms with Crippen LogP contribution < -0.4 is 20.1 Å². The van der Waals surface area contributed by atoms with Gasteiger partial charge in [0.15, 0.2) is 11.5 Å². The van der Waals surface area contributed by atoms with Crippen molar-refractivity contribution < 1.29 is 27.4 Å². The number of halogens is 3. The van der Waals surface area contributed by atoms with Crippen LogP contribution >= 0.6 is 0 Å². The van der Waals surface area contributed by atoms with Crippen LogP contribution in [0.25, 0.3) is 0 Å². The summed E-state index contributed by atoms with van der Waals surface area (Å²) in [5.41, 5.74) is 0.229. The van der Waals surface area contributed by atoms with Gasteiger partial charge in [-0.25, -0.2) is 0 Å². The van der Waals surface area contributed by atoms with Gasteiger partial charge in [-0.2, -0.15) is 13.2 Å². The van der Waals surface area contributed by atoms with E-state index in [-0.39, 0.29) is 12.5 Å². The largest absolute Gasteiger partial charge is 0.486 e. The van der Waals surface area contributed by atoms with E-state index in [1.54, 1.807) is 18.2 Å². The van der Waals surface area contributed by atoms with E-state index >= 15 is 0 Å². The van der Waals surface area contributed by atoms with Crippen molar-refractivity contribution in [2.45, 2.75) is 6.18 Å². The fourth-order valence-corrected chi connectivity index (χ4v) is 2.29. The smallest absolute Gasteiger partial charge is 0.416 e. The van der Waals surface area contributed by atoms with Gasteiger partial charge in [-0.3, -0.25) is 4.79 Å². The van der Waals surface area contributed by atoms with E-state index in [2.05, 4.69) is 10.6 Å². The summed E-state index contributed by atoms with van der Waals surface area (Å²) in [4.78, 5) is 12.0. The van der Waals surface area contributed by atoms with Crippen molar-refractivity contribution in [2.24, 2.45) is 0 Å². The van der Waals surface area contributed by atoms with Gasteiger partial charge in [0, 0.05) is 17.4 Å². The van der Waals surface area contributed by atoms with Crippen molar-refractivity contribution >= 4 is 17.3 Å². The van der Waals surface area contributed by atoms with Crippen molar-refractivity contribution in [3.8, 4) is 11.5 Å². The maximum absolute atomic E-state index is 12.5. The molecule has 0 bridgehead atoms. The summed E-state index contributed by atoms with van der Waals surface area (Å²) in [5, 5.41) is 5.45. The molecule has 1 heterocycles. The van der Waals surface area contributed by atoms with Gasteiger partial charge in [-0.15, -0.1) is 0 Å². The maximum Gasteiger partial charge on any atom is 0.416 e. The molecule has 2 aromatic rings. The first-order valence-corrected chi connectivity index (χ1v) is 7.52. The van der Waals surface area contributed by atoms with E-state index < -0.39 is 11.7 Å². The fraction of sp³-hybridized carbons (Fsp3) is 0.235. The lowest BCUT2D eigenvalue weighted by Crippen LogP contribution is -2.22. The van der Waals surface area contributed by atoms with Crippen LogP contribution in [-0.2, 0) is 11.0 Å². The van der Waals surface area contributed by atoms with Gasteiger partial charge < -0.3 is 20.1 Å². The van der Waals surface area contributed by atoms with E-state index in [1.807, 2.05) is 0 Å². The summed E-state index contributed by atoms with van der Waals surface area (Å²) >= 11 is 0. The van der Waals surface area contributed by atoms with Crippen LogP contribution in [0, 0.1) is 0 Å². The van der Waals surface area contributed by atoms with Crippen LogP contribution in [0.5, 0.6) is 11.5 Å². The van der Waals surface area contributed by atoms with Gasteiger partial charge in [0.1, 0.15) is 13.2 Å². The van der Waals surface area contributed by atoms with Crippen LogP contribution in [0.1, 0.15) is 5.56 Å². The summed E-state index contributed by atoms with van der Waals surface area (Å²) < 4.78 is 48.3. The molecule has 0 saturated carbocycles. The van der Waals surface area contributed by atoms with Crippen molar-refractivity contribution in [1.29, 1.82) is 0 Å². The molecule has 132 valence electrons. The molecule has 25 heavy (non-hydrogen) atoms. The average molecular weight is 352 g/mol. The Morgan fingerprint density at radius 3 is 2.28 bits per heavy atom. The number of hydrogen-bond acceptors (Lipinski definition) is 4. The highest BCUT2D eigenvalue weighted by molar-refractivity contribution is 5.94. The Kier molecular flexibility index (Phi) is 4.69. The number of anilines is 2. The van der Waals surface area contributed by atoms with Crippen LogP contribution in [0.3, 0.4) is 0 Å². The topological polar surface area (TPSA) is 59.6 Å². The minimum absolute atomic E-state index is 0.0835. The summed E-state index contributed by atoms with van der Waals surface area (Å²) in [7, 11) is 0. The molecule has 2 N–H and O–H groups in total. The zero-order valence-corrected chi connectivity index (χ0v) is 13.0. The zero-order valence-electron chi connectivity index (χ0n) is 13.0.